The Kier molecular flexibility index (Phi) is 7.86. The van der Waals surface area contributed by atoms with E-state index in [2.05, 4.69) is 4.52 Å². The normalized spacial score (nSPS) is 19.8. The lowest BCUT2D eigenvalue weighted by Crippen LogP contribution is -2.35. The van der Waals surface area contributed by atoms with Crippen molar-refractivity contribution >= 4 is 13.8 Å². The Balaban J connectivity index is 2.94. The molecular weight excluding hydrogens is 359 g/mol. The molecule has 0 radical (unpaired) electrons. The average molecular weight is 384 g/mol. The van der Waals surface area contributed by atoms with E-state index in [1.54, 1.807) is 0 Å². The summed E-state index contributed by atoms with van der Waals surface area (Å²) in [6.07, 6.45) is -1.02. The number of hydrogen-bond acceptors (Lipinski definition) is 8. The Labute approximate surface area is 145 Å². The molecule has 146 valence electrons. The summed E-state index contributed by atoms with van der Waals surface area (Å²) in [5.41, 5.74) is -1.31. The molecule has 1 heterocycles. The van der Waals surface area contributed by atoms with Gasteiger partial charge in [0.15, 0.2) is 11.9 Å². The molecule has 25 heavy (non-hydrogen) atoms. The van der Waals surface area contributed by atoms with Crippen molar-refractivity contribution in [3.63, 3.8) is 0 Å². The Morgan fingerprint density at radius 2 is 2.00 bits per heavy atom. The Morgan fingerprint density at radius 3 is 2.52 bits per heavy atom. The van der Waals surface area contributed by atoms with Gasteiger partial charge in [-0.15, -0.1) is 0 Å². The maximum atomic E-state index is 11.8. The molecule has 1 aliphatic rings. The predicted octanol–water partition coefficient (Wildman–Crippen LogP) is 0.198. The SMILES string of the molecule is CCCCOC[C@H](O)[C@H]1OC(=O)C(OP(=O)(O)O)=C1OCC(C)(C)O. The highest BCUT2D eigenvalue weighted by Gasteiger charge is 2.44. The second-order valence-corrected chi connectivity index (χ2v) is 7.36. The fourth-order valence-electron chi connectivity index (χ4n) is 1.85. The number of esters is 1. The third kappa shape index (κ3) is 7.72. The molecule has 0 amide bonds. The molecule has 0 unspecified atom stereocenters. The second kappa shape index (κ2) is 8.98. The highest BCUT2D eigenvalue weighted by atomic mass is 31.2. The van der Waals surface area contributed by atoms with Crippen molar-refractivity contribution in [2.45, 2.75) is 51.4 Å². The first-order valence-corrected chi connectivity index (χ1v) is 9.29. The smallest absolute Gasteiger partial charge is 0.487 e. The summed E-state index contributed by atoms with van der Waals surface area (Å²) in [4.78, 5) is 29.7. The molecule has 0 saturated heterocycles. The molecule has 1 aliphatic heterocycles. The van der Waals surface area contributed by atoms with Crippen molar-refractivity contribution in [3.05, 3.63) is 11.5 Å². The van der Waals surface area contributed by atoms with Gasteiger partial charge >= 0.3 is 13.8 Å². The highest BCUT2D eigenvalue weighted by molar-refractivity contribution is 7.46. The summed E-state index contributed by atoms with van der Waals surface area (Å²) < 4.78 is 30.8. The zero-order chi connectivity index (χ0) is 19.3. The Hall–Kier alpha value is -1.16. The quantitative estimate of drug-likeness (QED) is 0.221. The number of carbonyl (C=O) groups excluding carboxylic acids is 1. The molecule has 0 aromatic carbocycles. The summed E-state index contributed by atoms with van der Waals surface area (Å²) in [7, 11) is -5.05. The molecule has 10 nitrogen and oxygen atoms in total. The summed E-state index contributed by atoms with van der Waals surface area (Å²) in [5, 5.41) is 19.9. The first-order chi connectivity index (χ1) is 11.4. The number of rotatable bonds is 11. The largest absolute Gasteiger partial charge is 0.525 e. The lowest BCUT2D eigenvalue weighted by molar-refractivity contribution is -0.149. The van der Waals surface area contributed by atoms with Gasteiger partial charge in [-0.05, 0) is 20.3 Å². The van der Waals surface area contributed by atoms with Crippen molar-refractivity contribution in [1.29, 1.82) is 0 Å². The van der Waals surface area contributed by atoms with E-state index < -0.39 is 43.1 Å². The van der Waals surface area contributed by atoms with Crippen LogP contribution in [0.25, 0.3) is 0 Å². The predicted molar refractivity (Wildman–Crippen MR) is 84.0 cm³/mol. The number of unbranched alkanes of at least 4 members (excludes halogenated alkanes) is 1. The van der Waals surface area contributed by atoms with Gasteiger partial charge in [0, 0.05) is 6.61 Å². The molecule has 0 aliphatic carbocycles. The maximum absolute atomic E-state index is 11.8. The van der Waals surface area contributed by atoms with Gasteiger partial charge in [-0.25, -0.2) is 9.36 Å². The maximum Gasteiger partial charge on any atom is 0.525 e. The second-order valence-electron chi connectivity index (χ2n) is 6.20. The zero-order valence-electron chi connectivity index (χ0n) is 14.4. The van der Waals surface area contributed by atoms with Crippen LogP contribution in [-0.4, -0.2) is 63.6 Å². The van der Waals surface area contributed by atoms with Crippen LogP contribution in [0.4, 0.5) is 0 Å². The van der Waals surface area contributed by atoms with E-state index in [0.29, 0.717) is 6.61 Å². The van der Waals surface area contributed by atoms with Crippen LogP contribution >= 0.6 is 7.82 Å². The number of ether oxygens (including phenoxy) is 3. The molecule has 0 spiro atoms. The highest BCUT2D eigenvalue weighted by Crippen LogP contribution is 2.43. The molecule has 0 saturated carbocycles. The standard InChI is InChI=1S/C14H25O10P/c1-4-5-6-21-7-9(15)10-11(22-8-14(2,3)17)12(13(16)23-10)24-25(18,19)20/h9-10,15,17H,4-8H2,1-3H3,(H2,18,19,20)/t9-,10+/m0/s1. The molecule has 0 aromatic heterocycles. The molecule has 1 rings (SSSR count). The number of aliphatic hydroxyl groups is 2. The van der Waals surface area contributed by atoms with Gasteiger partial charge in [-0.2, -0.15) is 0 Å². The Morgan fingerprint density at radius 1 is 1.36 bits per heavy atom. The third-order valence-electron chi connectivity index (χ3n) is 2.97. The Bertz CT molecular complexity index is 532. The van der Waals surface area contributed by atoms with E-state index in [0.717, 1.165) is 12.8 Å². The van der Waals surface area contributed by atoms with Crippen molar-refractivity contribution in [3.8, 4) is 0 Å². The summed E-state index contributed by atoms with van der Waals surface area (Å²) in [6.45, 7) is 4.70. The van der Waals surface area contributed by atoms with Crippen molar-refractivity contribution in [2.24, 2.45) is 0 Å². The number of hydrogen-bond donors (Lipinski definition) is 4. The van der Waals surface area contributed by atoms with Crippen LogP contribution in [0.5, 0.6) is 0 Å². The van der Waals surface area contributed by atoms with E-state index in [9.17, 15) is 19.6 Å². The van der Waals surface area contributed by atoms with E-state index in [-0.39, 0.29) is 13.2 Å². The lowest BCUT2D eigenvalue weighted by Gasteiger charge is -2.23. The molecule has 11 heteroatoms. The summed E-state index contributed by atoms with van der Waals surface area (Å²) in [5.74, 6) is -2.43. The van der Waals surface area contributed by atoms with Crippen LogP contribution in [0, 0.1) is 0 Å². The number of phosphoric ester groups is 1. The molecule has 4 N–H and O–H groups in total. The van der Waals surface area contributed by atoms with Gasteiger partial charge in [0.05, 0.1) is 12.2 Å². The molecular formula is C14H25O10P. The fraction of sp³-hybridized carbons (Fsp3) is 0.786. The van der Waals surface area contributed by atoms with Crippen molar-refractivity contribution < 1.29 is 48.1 Å². The van der Waals surface area contributed by atoms with Gasteiger partial charge in [0.2, 0.25) is 0 Å². The van der Waals surface area contributed by atoms with Gasteiger partial charge in [-0.1, -0.05) is 13.3 Å². The van der Waals surface area contributed by atoms with E-state index in [1.807, 2.05) is 6.92 Å². The minimum absolute atomic E-state index is 0.184. The van der Waals surface area contributed by atoms with E-state index in [1.165, 1.54) is 13.8 Å². The summed E-state index contributed by atoms with van der Waals surface area (Å²) in [6, 6.07) is 0. The first kappa shape index (κ1) is 21.9. The van der Waals surface area contributed by atoms with Crippen LogP contribution in [-0.2, 0) is 28.1 Å². The minimum atomic E-state index is -5.05. The molecule has 2 atom stereocenters. The first-order valence-electron chi connectivity index (χ1n) is 7.76. The van der Waals surface area contributed by atoms with Crippen LogP contribution in [0.3, 0.4) is 0 Å². The van der Waals surface area contributed by atoms with Gasteiger partial charge in [0.25, 0.3) is 5.76 Å². The van der Waals surface area contributed by atoms with Gasteiger partial charge in [-0.3, -0.25) is 9.79 Å². The van der Waals surface area contributed by atoms with Crippen LogP contribution in [0.15, 0.2) is 11.5 Å². The van der Waals surface area contributed by atoms with Gasteiger partial charge in [0.1, 0.15) is 12.7 Å². The minimum Gasteiger partial charge on any atom is -0.487 e. The average Bonchev–Trinajstić information content (AvgIpc) is 2.75. The monoisotopic (exact) mass is 384 g/mol. The van der Waals surface area contributed by atoms with Crippen molar-refractivity contribution in [2.75, 3.05) is 19.8 Å². The zero-order valence-corrected chi connectivity index (χ0v) is 15.3. The number of cyclic esters (lactones) is 1. The fourth-order valence-corrected chi connectivity index (χ4v) is 2.25. The van der Waals surface area contributed by atoms with Crippen molar-refractivity contribution in [1.82, 2.24) is 0 Å². The number of phosphoric acid groups is 1. The lowest BCUT2D eigenvalue weighted by atomic mass is 10.1. The van der Waals surface area contributed by atoms with Crippen LogP contribution in [0.1, 0.15) is 33.6 Å². The van der Waals surface area contributed by atoms with Gasteiger partial charge < -0.3 is 28.9 Å². The van der Waals surface area contributed by atoms with E-state index in [4.69, 9.17) is 24.0 Å². The summed E-state index contributed by atoms with van der Waals surface area (Å²) >= 11 is 0. The topological polar surface area (TPSA) is 152 Å². The van der Waals surface area contributed by atoms with Crippen LogP contribution in [0.2, 0.25) is 0 Å². The van der Waals surface area contributed by atoms with E-state index >= 15 is 0 Å². The number of aliphatic hydroxyl groups excluding tert-OH is 1. The molecule has 0 fully saturated rings. The third-order valence-corrected chi connectivity index (χ3v) is 3.39. The molecule has 0 aromatic rings. The van der Waals surface area contributed by atoms with Crippen LogP contribution < -0.4 is 0 Å². The molecule has 0 bridgehead atoms. The number of carbonyl (C=O) groups is 1.